The summed E-state index contributed by atoms with van der Waals surface area (Å²) < 4.78 is 0. The minimum Gasteiger partial charge on any atom is -0.545 e. The molecular formula is C20H24N2O4. The quantitative estimate of drug-likeness (QED) is 0.454. The number of carboxylic acids is 2. The molecule has 2 aromatic rings. The van der Waals surface area contributed by atoms with Gasteiger partial charge in [0.25, 0.3) is 0 Å². The SMILES string of the molecule is O=C([O-])c1cccc(C[NH2+]CCCC[NH2+]Cc2cccc(C(=O)[O-])c2)c1. The first kappa shape index (κ1) is 19.6. The number of carboxylic acid groups (broad SMARTS) is 2. The van der Waals surface area contributed by atoms with E-state index < -0.39 is 11.9 Å². The Labute approximate surface area is 152 Å². The van der Waals surface area contributed by atoms with Crippen LogP contribution in [0.2, 0.25) is 0 Å². The molecule has 0 fully saturated rings. The fourth-order valence-corrected chi connectivity index (χ4v) is 2.77. The zero-order valence-electron chi connectivity index (χ0n) is 14.6. The predicted octanol–water partition coefficient (Wildman–Crippen LogP) is -1.98. The molecule has 0 amide bonds. The van der Waals surface area contributed by atoms with Gasteiger partial charge in [0.2, 0.25) is 0 Å². The average Bonchev–Trinajstić information content (AvgIpc) is 2.64. The first-order valence-corrected chi connectivity index (χ1v) is 8.80. The van der Waals surface area contributed by atoms with Gasteiger partial charge in [-0.25, -0.2) is 0 Å². The van der Waals surface area contributed by atoms with Gasteiger partial charge >= 0.3 is 0 Å². The first-order chi connectivity index (χ1) is 12.6. The van der Waals surface area contributed by atoms with Crippen molar-refractivity contribution >= 4 is 11.9 Å². The number of hydrogen-bond donors (Lipinski definition) is 2. The van der Waals surface area contributed by atoms with Crippen LogP contribution in [0.1, 0.15) is 44.7 Å². The Hall–Kier alpha value is -2.70. The molecule has 6 heteroatoms. The van der Waals surface area contributed by atoms with Gasteiger partial charge in [0.05, 0.1) is 25.0 Å². The van der Waals surface area contributed by atoms with Gasteiger partial charge in [-0.2, -0.15) is 0 Å². The largest absolute Gasteiger partial charge is 0.545 e. The van der Waals surface area contributed by atoms with Crippen molar-refractivity contribution in [1.82, 2.24) is 0 Å². The van der Waals surface area contributed by atoms with Gasteiger partial charge in [-0.05, 0) is 23.3 Å². The standard InChI is InChI=1S/C20H24N2O4/c23-19(24)17-7-3-5-15(11-17)13-21-9-1-2-10-22-14-16-6-4-8-18(12-16)20(25)26/h3-8,11-12,21-22H,1-2,9-10,13-14H2,(H,23,24)(H,25,26). The number of benzene rings is 2. The van der Waals surface area contributed by atoms with E-state index in [1.54, 1.807) is 24.3 Å². The highest BCUT2D eigenvalue weighted by atomic mass is 16.4. The van der Waals surface area contributed by atoms with E-state index in [0.717, 1.165) is 50.1 Å². The molecule has 0 aliphatic heterocycles. The lowest BCUT2D eigenvalue weighted by atomic mass is 10.1. The molecule has 0 saturated carbocycles. The van der Waals surface area contributed by atoms with Crippen molar-refractivity contribution in [2.75, 3.05) is 13.1 Å². The van der Waals surface area contributed by atoms with Crippen LogP contribution in [0.15, 0.2) is 48.5 Å². The fourth-order valence-electron chi connectivity index (χ4n) is 2.77. The van der Waals surface area contributed by atoms with Crippen LogP contribution in [-0.4, -0.2) is 25.0 Å². The summed E-state index contributed by atoms with van der Waals surface area (Å²) in [7, 11) is 0. The van der Waals surface area contributed by atoms with Crippen molar-refractivity contribution in [2.45, 2.75) is 25.9 Å². The second kappa shape index (κ2) is 10.3. The zero-order valence-corrected chi connectivity index (χ0v) is 14.6. The van der Waals surface area contributed by atoms with Crippen LogP contribution in [0, 0.1) is 0 Å². The highest BCUT2D eigenvalue weighted by Crippen LogP contribution is 2.03. The third kappa shape index (κ3) is 6.66. The minimum absolute atomic E-state index is 0.216. The number of quaternary nitrogens is 2. The van der Waals surface area contributed by atoms with Gasteiger partial charge in [-0.1, -0.05) is 36.4 Å². The molecule has 0 spiro atoms. The Balaban J connectivity index is 1.57. The van der Waals surface area contributed by atoms with E-state index in [9.17, 15) is 19.8 Å². The highest BCUT2D eigenvalue weighted by Gasteiger charge is 2.01. The van der Waals surface area contributed by atoms with Gasteiger partial charge < -0.3 is 30.4 Å². The number of nitrogens with two attached hydrogens (primary N) is 2. The highest BCUT2D eigenvalue weighted by molar-refractivity contribution is 5.86. The number of rotatable bonds is 11. The summed E-state index contributed by atoms with van der Waals surface area (Å²) in [6, 6.07) is 13.7. The van der Waals surface area contributed by atoms with Crippen LogP contribution < -0.4 is 20.8 Å². The van der Waals surface area contributed by atoms with E-state index in [2.05, 4.69) is 10.6 Å². The van der Waals surface area contributed by atoms with Crippen molar-refractivity contribution in [2.24, 2.45) is 0 Å². The lowest BCUT2D eigenvalue weighted by Gasteiger charge is -2.06. The van der Waals surface area contributed by atoms with Crippen LogP contribution in [0.25, 0.3) is 0 Å². The van der Waals surface area contributed by atoms with E-state index in [-0.39, 0.29) is 11.1 Å². The summed E-state index contributed by atoms with van der Waals surface area (Å²) in [5.74, 6) is -2.29. The van der Waals surface area contributed by atoms with Gasteiger partial charge in [0.15, 0.2) is 0 Å². The maximum absolute atomic E-state index is 10.8. The zero-order chi connectivity index (χ0) is 18.8. The molecule has 0 aliphatic rings. The summed E-state index contributed by atoms with van der Waals surface area (Å²) >= 11 is 0. The van der Waals surface area contributed by atoms with Crippen molar-refractivity contribution in [3.63, 3.8) is 0 Å². The number of aromatic carboxylic acids is 2. The third-order valence-corrected chi connectivity index (χ3v) is 4.15. The summed E-state index contributed by atoms with van der Waals surface area (Å²) in [5, 5.41) is 26.0. The van der Waals surface area contributed by atoms with Crippen LogP contribution in [0.5, 0.6) is 0 Å². The molecule has 0 radical (unpaired) electrons. The van der Waals surface area contributed by atoms with Crippen molar-refractivity contribution in [1.29, 1.82) is 0 Å². The Morgan fingerprint density at radius 3 is 1.54 bits per heavy atom. The average molecular weight is 356 g/mol. The Bertz CT molecular complexity index is 683. The molecule has 0 atom stereocenters. The fraction of sp³-hybridized carbons (Fsp3) is 0.300. The second-order valence-corrected chi connectivity index (χ2v) is 6.25. The summed E-state index contributed by atoms with van der Waals surface area (Å²) in [6.45, 7) is 3.45. The van der Waals surface area contributed by atoms with Crippen LogP contribution in [0.3, 0.4) is 0 Å². The molecule has 0 heterocycles. The van der Waals surface area contributed by atoms with E-state index in [1.165, 1.54) is 12.1 Å². The summed E-state index contributed by atoms with van der Waals surface area (Å²) in [4.78, 5) is 21.7. The number of carbonyl (C=O) groups excluding carboxylic acids is 2. The van der Waals surface area contributed by atoms with Crippen LogP contribution in [-0.2, 0) is 13.1 Å². The van der Waals surface area contributed by atoms with Crippen molar-refractivity contribution in [3.8, 4) is 0 Å². The van der Waals surface area contributed by atoms with Crippen molar-refractivity contribution < 1.29 is 30.4 Å². The Morgan fingerprint density at radius 1 is 0.731 bits per heavy atom. The lowest BCUT2D eigenvalue weighted by Crippen LogP contribution is -2.84. The van der Waals surface area contributed by atoms with Gasteiger partial charge in [0.1, 0.15) is 13.1 Å². The molecule has 6 nitrogen and oxygen atoms in total. The molecule has 0 bridgehead atoms. The molecule has 0 unspecified atom stereocenters. The smallest absolute Gasteiger partial charge is 0.101 e. The molecule has 0 aromatic heterocycles. The van der Waals surface area contributed by atoms with Gasteiger partial charge in [-0.15, -0.1) is 0 Å². The second-order valence-electron chi connectivity index (χ2n) is 6.25. The van der Waals surface area contributed by atoms with Gasteiger partial charge in [0, 0.05) is 24.0 Å². The number of carbonyl (C=O) groups is 2. The molecular weight excluding hydrogens is 332 g/mol. The normalized spacial score (nSPS) is 10.6. The Morgan fingerprint density at radius 2 is 1.15 bits per heavy atom. The van der Waals surface area contributed by atoms with E-state index in [1.807, 2.05) is 12.1 Å². The predicted molar refractivity (Wildman–Crippen MR) is 91.8 cm³/mol. The van der Waals surface area contributed by atoms with E-state index in [0.29, 0.717) is 0 Å². The third-order valence-electron chi connectivity index (χ3n) is 4.15. The summed E-state index contributed by atoms with van der Waals surface area (Å²) in [5.41, 5.74) is 2.39. The van der Waals surface area contributed by atoms with Crippen LogP contribution in [0.4, 0.5) is 0 Å². The molecule has 2 aromatic carbocycles. The molecule has 138 valence electrons. The molecule has 0 aliphatic carbocycles. The maximum Gasteiger partial charge on any atom is 0.101 e. The topological polar surface area (TPSA) is 113 Å². The number of unbranched alkanes of at least 4 members (excludes halogenated alkanes) is 1. The lowest BCUT2D eigenvalue weighted by molar-refractivity contribution is -0.680. The number of hydrogen-bond acceptors (Lipinski definition) is 4. The summed E-state index contributed by atoms with van der Waals surface area (Å²) in [6.07, 6.45) is 2.13. The first-order valence-electron chi connectivity index (χ1n) is 8.80. The van der Waals surface area contributed by atoms with Gasteiger partial charge in [-0.3, -0.25) is 0 Å². The van der Waals surface area contributed by atoms with E-state index in [4.69, 9.17) is 0 Å². The van der Waals surface area contributed by atoms with E-state index >= 15 is 0 Å². The maximum atomic E-state index is 10.8. The monoisotopic (exact) mass is 356 g/mol. The molecule has 0 saturated heterocycles. The molecule has 4 N–H and O–H groups in total. The minimum atomic E-state index is -1.15. The van der Waals surface area contributed by atoms with Crippen molar-refractivity contribution in [3.05, 3.63) is 70.8 Å². The molecule has 2 rings (SSSR count). The Kier molecular flexibility index (Phi) is 7.79. The van der Waals surface area contributed by atoms with Crippen LogP contribution >= 0.6 is 0 Å². The molecule has 26 heavy (non-hydrogen) atoms.